The zero-order valence-corrected chi connectivity index (χ0v) is 19.3. The number of benzene rings is 2. The van der Waals surface area contributed by atoms with E-state index in [0.717, 1.165) is 22.3 Å². The molecule has 2 aliphatic heterocycles. The molecule has 2 aromatic carbocycles. The Kier molecular flexibility index (Phi) is 6.39. The van der Waals surface area contributed by atoms with Gasteiger partial charge in [-0.05, 0) is 80.1 Å². The van der Waals surface area contributed by atoms with E-state index >= 15 is 0 Å². The summed E-state index contributed by atoms with van der Waals surface area (Å²) >= 11 is 0. The molecule has 1 saturated heterocycles. The lowest BCUT2D eigenvalue weighted by atomic mass is 9.95. The molecular formula is C26H29N3O4. The zero-order valence-electron chi connectivity index (χ0n) is 19.3. The lowest BCUT2D eigenvalue weighted by Crippen LogP contribution is -2.33. The van der Waals surface area contributed by atoms with Crippen molar-refractivity contribution in [3.63, 3.8) is 0 Å². The van der Waals surface area contributed by atoms with Crippen LogP contribution in [0.4, 0.5) is 10.5 Å². The predicted octanol–water partition coefficient (Wildman–Crippen LogP) is 4.84. The van der Waals surface area contributed by atoms with E-state index in [1.54, 1.807) is 17.0 Å². The average Bonchev–Trinajstić information content (AvgIpc) is 3.22. The molecule has 2 amide bonds. The summed E-state index contributed by atoms with van der Waals surface area (Å²) in [4.78, 5) is 27.2. The number of fused-ring (bicyclic) bond motifs is 1. The van der Waals surface area contributed by atoms with Gasteiger partial charge in [0.1, 0.15) is 5.60 Å². The Hall–Kier alpha value is -3.37. The summed E-state index contributed by atoms with van der Waals surface area (Å²) in [6, 6.07) is 13.4. The summed E-state index contributed by atoms with van der Waals surface area (Å²) < 4.78 is 10.9. The molecule has 1 N–H and O–H groups in total. The highest BCUT2D eigenvalue weighted by atomic mass is 16.6. The molecule has 1 fully saturated rings. The van der Waals surface area contributed by atoms with Crippen molar-refractivity contribution in [3.05, 3.63) is 53.1 Å². The molecule has 0 aliphatic carbocycles. The molecule has 0 spiro atoms. The number of hydrogen-bond donors (Lipinski definition) is 1. The van der Waals surface area contributed by atoms with Crippen LogP contribution in [0, 0.1) is 17.2 Å². The Morgan fingerprint density at radius 2 is 1.82 bits per heavy atom. The van der Waals surface area contributed by atoms with E-state index in [4.69, 9.17) is 14.7 Å². The first-order valence-corrected chi connectivity index (χ1v) is 11.3. The van der Waals surface area contributed by atoms with Gasteiger partial charge in [-0.2, -0.15) is 5.26 Å². The molecule has 0 unspecified atom stereocenters. The van der Waals surface area contributed by atoms with Crippen molar-refractivity contribution in [1.82, 2.24) is 4.90 Å². The summed E-state index contributed by atoms with van der Waals surface area (Å²) in [5, 5.41) is 12.2. The van der Waals surface area contributed by atoms with Crippen LogP contribution in [-0.4, -0.2) is 35.7 Å². The van der Waals surface area contributed by atoms with Crippen molar-refractivity contribution in [3.8, 4) is 17.2 Å². The third kappa shape index (κ3) is 5.35. The Morgan fingerprint density at radius 3 is 2.45 bits per heavy atom. The Morgan fingerprint density at radius 1 is 1.12 bits per heavy atom. The molecule has 4 rings (SSSR count). The van der Waals surface area contributed by atoms with Crippen molar-refractivity contribution in [2.45, 2.75) is 52.3 Å². The van der Waals surface area contributed by atoms with Gasteiger partial charge in [-0.3, -0.25) is 9.69 Å². The van der Waals surface area contributed by atoms with E-state index in [1.165, 1.54) is 0 Å². The van der Waals surface area contributed by atoms with Crippen LogP contribution in [0.25, 0.3) is 11.1 Å². The second-order valence-electron chi connectivity index (χ2n) is 9.56. The first-order valence-electron chi connectivity index (χ1n) is 11.3. The third-order valence-corrected chi connectivity index (χ3v) is 5.89. The quantitative estimate of drug-likeness (QED) is 0.727. The fraction of sp³-hybridized carbons (Fsp3) is 0.423. The van der Waals surface area contributed by atoms with Crippen LogP contribution in [0.3, 0.4) is 0 Å². The fourth-order valence-electron chi connectivity index (χ4n) is 4.23. The van der Waals surface area contributed by atoms with Gasteiger partial charge in [0.05, 0.1) is 18.2 Å². The molecule has 33 heavy (non-hydrogen) atoms. The zero-order chi connectivity index (χ0) is 23.6. The number of carbonyl (C=O) groups excluding carboxylic acids is 2. The van der Waals surface area contributed by atoms with Gasteiger partial charge in [-0.15, -0.1) is 0 Å². The van der Waals surface area contributed by atoms with Gasteiger partial charge >= 0.3 is 6.09 Å². The lowest BCUT2D eigenvalue weighted by Gasteiger charge is -2.24. The van der Waals surface area contributed by atoms with E-state index in [1.807, 2.05) is 45.0 Å². The molecule has 7 nitrogen and oxygen atoms in total. The van der Waals surface area contributed by atoms with Crippen LogP contribution in [0.1, 0.15) is 50.3 Å². The van der Waals surface area contributed by atoms with Crippen LogP contribution in [0.2, 0.25) is 0 Å². The number of amides is 2. The maximum absolute atomic E-state index is 12.8. The monoisotopic (exact) mass is 447 g/mol. The number of ether oxygens (including phenoxy) is 2. The minimum absolute atomic E-state index is 0.00831. The molecule has 0 bridgehead atoms. The minimum atomic E-state index is -0.579. The van der Waals surface area contributed by atoms with Crippen LogP contribution < -0.4 is 5.32 Å². The molecule has 2 aliphatic rings. The number of nitrogens with one attached hydrogen (secondary N) is 1. The van der Waals surface area contributed by atoms with Crippen molar-refractivity contribution < 1.29 is 19.1 Å². The number of nitriles is 1. The number of carbonyl (C=O) groups is 2. The SMILES string of the molecule is CC(C)(C)OC(=O)N1Cc2cc(NC(=O)C3CCOCC3)cc(-c3ccc(C#N)cc3)c2C1. The summed E-state index contributed by atoms with van der Waals surface area (Å²) in [6.07, 6.45) is 1.06. The topological polar surface area (TPSA) is 91.7 Å². The van der Waals surface area contributed by atoms with Crippen LogP contribution in [0.5, 0.6) is 0 Å². The van der Waals surface area contributed by atoms with Crippen molar-refractivity contribution in [2.24, 2.45) is 5.92 Å². The van der Waals surface area contributed by atoms with E-state index in [2.05, 4.69) is 11.4 Å². The number of nitrogens with zero attached hydrogens (tertiary/aromatic N) is 2. The van der Waals surface area contributed by atoms with Gasteiger partial charge in [-0.25, -0.2) is 4.79 Å². The second-order valence-corrected chi connectivity index (χ2v) is 9.56. The maximum Gasteiger partial charge on any atom is 0.410 e. The minimum Gasteiger partial charge on any atom is -0.444 e. The summed E-state index contributed by atoms with van der Waals surface area (Å²) in [5.41, 5.74) is 4.57. The molecule has 172 valence electrons. The van der Waals surface area contributed by atoms with Crippen molar-refractivity contribution >= 4 is 17.7 Å². The Bertz CT molecular complexity index is 1090. The number of rotatable bonds is 3. The Balaban J connectivity index is 1.65. The van der Waals surface area contributed by atoms with Gasteiger partial charge in [-0.1, -0.05) is 12.1 Å². The molecule has 2 aromatic rings. The molecule has 7 heteroatoms. The summed E-state index contributed by atoms with van der Waals surface area (Å²) in [5.74, 6) is -0.0744. The highest BCUT2D eigenvalue weighted by molar-refractivity contribution is 5.94. The summed E-state index contributed by atoms with van der Waals surface area (Å²) in [6.45, 7) is 7.58. The van der Waals surface area contributed by atoms with Crippen molar-refractivity contribution in [2.75, 3.05) is 18.5 Å². The predicted molar refractivity (Wildman–Crippen MR) is 124 cm³/mol. The van der Waals surface area contributed by atoms with Gasteiger partial charge in [0.15, 0.2) is 0 Å². The van der Waals surface area contributed by atoms with Gasteiger partial charge < -0.3 is 14.8 Å². The van der Waals surface area contributed by atoms with Crippen LogP contribution in [-0.2, 0) is 27.4 Å². The highest BCUT2D eigenvalue weighted by Gasteiger charge is 2.30. The van der Waals surface area contributed by atoms with E-state index < -0.39 is 5.60 Å². The number of anilines is 1. The van der Waals surface area contributed by atoms with Gasteiger partial charge in [0, 0.05) is 31.4 Å². The standard InChI is InChI=1S/C26H29N3O4/c1-26(2,3)33-25(31)29-15-20-12-21(28-24(30)19-8-10-32-11-9-19)13-22(23(20)16-29)18-6-4-17(14-27)5-7-18/h4-7,12-13,19H,8-11,15-16H2,1-3H3,(H,28,30). The van der Waals surface area contributed by atoms with Crippen molar-refractivity contribution in [1.29, 1.82) is 5.26 Å². The summed E-state index contributed by atoms with van der Waals surface area (Å²) in [7, 11) is 0. The van der Waals surface area contributed by atoms with Gasteiger partial charge in [0.2, 0.25) is 5.91 Å². The van der Waals surface area contributed by atoms with Crippen LogP contribution >= 0.6 is 0 Å². The average molecular weight is 448 g/mol. The van der Waals surface area contributed by atoms with E-state index in [9.17, 15) is 9.59 Å². The molecule has 0 aromatic heterocycles. The molecule has 0 atom stereocenters. The highest BCUT2D eigenvalue weighted by Crippen LogP contribution is 2.36. The van der Waals surface area contributed by atoms with Gasteiger partial charge in [0.25, 0.3) is 0 Å². The lowest BCUT2D eigenvalue weighted by molar-refractivity contribution is -0.122. The first kappa shape index (κ1) is 22.8. The van der Waals surface area contributed by atoms with E-state index in [-0.39, 0.29) is 17.9 Å². The molecular weight excluding hydrogens is 418 g/mol. The first-order chi connectivity index (χ1) is 15.7. The second kappa shape index (κ2) is 9.24. The van der Waals surface area contributed by atoms with E-state index in [0.29, 0.717) is 50.4 Å². The normalized spacial score (nSPS) is 16.1. The largest absolute Gasteiger partial charge is 0.444 e. The number of hydrogen-bond acceptors (Lipinski definition) is 5. The third-order valence-electron chi connectivity index (χ3n) is 5.89. The van der Waals surface area contributed by atoms with Crippen LogP contribution in [0.15, 0.2) is 36.4 Å². The smallest absolute Gasteiger partial charge is 0.410 e. The fourth-order valence-corrected chi connectivity index (χ4v) is 4.23. The maximum atomic E-state index is 12.8. The molecule has 2 heterocycles. The Labute approximate surface area is 194 Å². The molecule has 0 saturated carbocycles. The molecule has 0 radical (unpaired) electrons.